The van der Waals surface area contributed by atoms with E-state index in [1.54, 1.807) is 29.2 Å². The first-order chi connectivity index (χ1) is 13.8. The zero-order valence-corrected chi connectivity index (χ0v) is 15.2. The van der Waals surface area contributed by atoms with Crippen LogP contribution in [0.15, 0.2) is 49.3 Å². The minimum atomic E-state index is -4.49. The zero-order valence-electron chi connectivity index (χ0n) is 15.2. The monoisotopic (exact) mass is 405 g/mol. The van der Waals surface area contributed by atoms with Crippen LogP contribution < -0.4 is 10.6 Å². The Balaban J connectivity index is 1.56. The van der Waals surface area contributed by atoms with Crippen molar-refractivity contribution in [2.75, 3.05) is 23.7 Å². The van der Waals surface area contributed by atoms with Crippen molar-refractivity contribution in [2.45, 2.75) is 18.6 Å². The van der Waals surface area contributed by atoms with Crippen LogP contribution in [0.2, 0.25) is 0 Å². The van der Waals surface area contributed by atoms with Crippen molar-refractivity contribution < 1.29 is 22.8 Å². The number of likely N-dealkylation sites (tertiary alicyclic amines) is 1. The van der Waals surface area contributed by atoms with E-state index in [0.717, 1.165) is 18.5 Å². The molecule has 10 heteroatoms. The number of aromatic nitrogens is 2. The van der Waals surface area contributed by atoms with Crippen LogP contribution in [0.1, 0.15) is 22.3 Å². The van der Waals surface area contributed by atoms with Gasteiger partial charge in [-0.05, 0) is 36.8 Å². The highest BCUT2D eigenvalue weighted by atomic mass is 19.4. The molecule has 1 aromatic heterocycles. The molecule has 2 N–H and O–H groups in total. The summed E-state index contributed by atoms with van der Waals surface area (Å²) in [6.07, 6.45) is -1.28. The smallest absolute Gasteiger partial charge is 0.350 e. The first-order valence-corrected chi connectivity index (χ1v) is 8.75. The molecule has 0 bridgehead atoms. The van der Waals surface area contributed by atoms with Gasteiger partial charge in [-0.1, -0.05) is 6.58 Å². The number of hydrogen-bond donors (Lipinski definition) is 2. The normalized spacial score (nSPS) is 16.4. The zero-order chi connectivity index (χ0) is 21.0. The van der Waals surface area contributed by atoms with Crippen molar-refractivity contribution in [1.29, 1.82) is 0 Å². The average Bonchev–Trinajstić information content (AvgIpc) is 3.16. The molecule has 1 aromatic carbocycles. The Kier molecular flexibility index (Phi) is 5.81. The largest absolute Gasteiger partial charge is 0.419 e. The average molecular weight is 405 g/mol. The number of hydrogen-bond acceptors (Lipinski definition) is 5. The third-order valence-electron chi connectivity index (χ3n) is 4.37. The number of carbonyl (C=O) groups is 2. The number of alkyl halides is 3. The van der Waals surface area contributed by atoms with Crippen molar-refractivity contribution in [3.05, 3.63) is 60.4 Å². The maximum absolute atomic E-state index is 12.6. The Morgan fingerprint density at radius 1 is 1.17 bits per heavy atom. The van der Waals surface area contributed by atoms with Gasteiger partial charge in [0, 0.05) is 42.8 Å². The Morgan fingerprint density at radius 2 is 1.83 bits per heavy atom. The fraction of sp³-hybridized carbons (Fsp3) is 0.263. The molecule has 2 amide bonds. The lowest BCUT2D eigenvalue weighted by atomic mass is 10.2. The first-order valence-electron chi connectivity index (χ1n) is 8.75. The fourth-order valence-electron chi connectivity index (χ4n) is 2.87. The minimum absolute atomic E-state index is 0.0830. The van der Waals surface area contributed by atoms with Crippen molar-refractivity contribution in [3.63, 3.8) is 0 Å². The third-order valence-corrected chi connectivity index (χ3v) is 4.37. The summed E-state index contributed by atoms with van der Waals surface area (Å²) in [5, 5.41) is 5.55. The molecule has 152 valence electrons. The molecule has 29 heavy (non-hydrogen) atoms. The van der Waals surface area contributed by atoms with Gasteiger partial charge < -0.3 is 15.5 Å². The van der Waals surface area contributed by atoms with Gasteiger partial charge in [0.05, 0.1) is 5.56 Å². The summed E-state index contributed by atoms with van der Waals surface area (Å²) in [7, 11) is 0. The van der Waals surface area contributed by atoms with Gasteiger partial charge in [-0.25, -0.2) is 9.97 Å². The van der Waals surface area contributed by atoms with E-state index in [9.17, 15) is 22.8 Å². The predicted octanol–water partition coefficient (Wildman–Crippen LogP) is 2.95. The number of amides is 2. The van der Waals surface area contributed by atoms with E-state index in [-0.39, 0.29) is 23.8 Å². The van der Waals surface area contributed by atoms with Crippen LogP contribution in [0.5, 0.6) is 0 Å². The molecule has 0 radical (unpaired) electrons. The van der Waals surface area contributed by atoms with Gasteiger partial charge in [-0.2, -0.15) is 13.2 Å². The number of rotatable bonds is 5. The van der Waals surface area contributed by atoms with Crippen molar-refractivity contribution >= 4 is 23.5 Å². The highest BCUT2D eigenvalue weighted by molar-refractivity contribution is 5.99. The maximum atomic E-state index is 12.6. The van der Waals surface area contributed by atoms with Gasteiger partial charge in [0.2, 0.25) is 11.9 Å². The predicted molar refractivity (Wildman–Crippen MR) is 100 cm³/mol. The summed E-state index contributed by atoms with van der Waals surface area (Å²) in [4.78, 5) is 32.9. The lowest BCUT2D eigenvalue weighted by molar-refractivity contribution is -0.138. The fourth-order valence-corrected chi connectivity index (χ4v) is 2.87. The molecule has 2 heterocycles. The Morgan fingerprint density at radius 3 is 2.41 bits per heavy atom. The summed E-state index contributed by atoms with van der Waals surface area (Å²) in [5.41, 5.74) is 0.0962. The van der Waals surface area contributed by atoms with Crippen LogP contribution in [0.4, 0.5) is 24.8 Å². The van der Waals surface area contributed by atoms with E-state index in [1.165, 1.54) is 0 Å². The molecule has 1 aliphatic rings. The van der Waals surface area contributed by atoms with E-state index in [4.69, 9.17) is 0 Å². The van der Waals surface area contributed by atoms with E-state index >= 15 is 0 Å². The van der Waals surface area contributed by atoms with Crippen molar-refractivity contribution in [1.82, 2.24) is 14.9 Å². The van der Waals surface area contributed by atoms with Crippen molar-refractivity contribution in [3.8, 4) is 0 Å². The topological polar surface area (TPSA) is 87.2 Å². The molecule has 3 rings (SSSR count). The van der Waals surface area contributed by atoms with Gasteiger partial charge in [0.15, 0.2) is 0 Å². The molecule has 0 aliphatic carbocycles. The quantitative estimate of drug-likeness (QED) is 0.747. The number of nitrogens with one attached hydrogen (secondary N) is 2. The van der Waals surface area contributed by atoms with Crippen LogP contribution in [-0.2, 0) is 11.0 Å². The lowest BCUT2D eigenvalue weighted by Crippen LogP contribution is -2.31. The molecular weight excluding hydrogens is 387 g/mol. The molecule has 2 aromatic rings. The molecule has 1 fully saturated rings. The second kappa shape index (κ2) is 8.29. The number of carbonyl (C=O) groups excluding carboxylic acids is 2. The van der Waals surface area contributed by atoms with Gasteiger partial charge in [0.1, 0.15) is 0 Å². The molecule has 0 saturated carbocycles. The lowest BCUT2D eigenvalue weighted by Gasteiger charge is -2.17. The highest BCUT2D eigenvalue weighted by Crippen LogP contribution is 2.28. The SMILES string of the molecule is C=CC(=O)Nc1ccc(C(=O)N2CC[C@H](Nc3ncc(C(F)(F)F)cn3)C2)cc1. The van der Waals surface area contributed by atoms with Gasteiger partial charge >= 0.3 is 6.18 Å². The molecule has 0 spiro atoms. The van der Waals surface area contributed by atoms with E-state index in [2.05, 4.69) is 27.2 Å². The van der Waals surface area contributed by atoms with Gasteiger partial charge in [0.25, 0.3) is 5.91 Å². The third kappa shape index (κ3) is 5.09. The Labute approximate surface area is 164 Å². The number of anilines is 2. The molecule has 1 aliphatic heterocycles. The summed E-state index contributed by atoms with van der Waals surface area (Å²) in [6, 6.07) is 6.30. The number of halogens is 3. The Bertz CT molecular complexity index is 898. The van der Waals surface area contributed by atoms with Crippen LogP contribution >= 0.6 is 0 Å². The maximum Gasteiger partial charge on any atom is 0.419 e. The summed E-state index contributed by atoms with van der Waals surface area (Å²) >= 11 is 0. The standard InChI is InChI=1S/C19H18F3N5O2/c1-2-16(28)25-14-5-3-12(4-6-14)17(29)27-8-7-15(11-27)26-18-23-9-13(10-24-18)19(20,21)22/h2-6,9-10,15H,1,7-8,11H2,(H,25,28)(H,23,24,26)/t15-/m0/s1. The van der Waals surface area contributed by atoms with E-state index in [1.807, 2.05) is 0 Å². The second-order valence-corrected chi connectivity index (χ2v) is 6.44. The van der Waals surface area contributed by atoms with Crippen LogP contribution in [-0.4, -0.2) is 45.8 Å². The van der Waals surface area contributed by atoms with Crippen LogP contribution in [0.25, 0.3) is 0 Å². The summed E-state index contributed by atoms with van der Waals surface area (Å²) in [5.74, 6) is -0.438. The van der Waals surface area contributed by atoms with Gasteiger partial charge in [-0.15, -0.1) is 0 Å². The van der Waals surface area contributed by atoms with Crippen molar-refractivity contribution in [2.24, 2.45) is 0 Å². The Hall–Kier alpha value is -3.43. The molecule has 1 saturated heterocycles. The summed E-state index contributed by atoms with van der Waals surface area (Å²) < 4.78 is 37.7. The van der Waals surface area contributed by atoms with E-state index < -0.39 is 11.7 Å². The minimum Gasteiger partial charge on any atom is -0.350 e. The van der Waals surface area contributed by atoms with Gasteiger partial charge in [-0.3, -0.25) is 9.59 Å². The molecule has 1 atom stereocenters. The van der Waals surface area contributed by atoms with Crippen LogP contribution in [0, 0.1) is 0 Å². The van der Waals surface area contributed by atoms with Crippen LogP contribution in [0.3, 0.4) is 0 Å². The highest BCUT2D eigenvalue weighted by Gasteiger charge is 2.32. The van der Waals surface area contributed by atoms with E-state index in [0.29, 0.717) is 30.8 Å². The number of nitrogens with zero attached hydrogens (tertiary/aromatic N) is 3. The first kappa shape index (κ1) is 20.3. The molecular formula is C19H18F3N5O2. The molecule has 7 nitrogen and oxygen atoms in total. The number of benzene rings is 1. The summed E-state index contributed by atoms with van der Waals surface area (Å²) in [6.45, 7) is 4.23. The molecule has 0 unspecified atom stereocenters. The second-order valence-electron chi connectivity index (χ2n) is 6.44.